The van der Waals surface area contributed by atoms with E-state index in [1.807, 2.05) is 24.4 Å². The number of anilines is 1. The zero-order valence-electron chi connectivity index (χ0n) is 14.4. The van der Waals surface area contributed by atoms with E-state index in [4.69, 9.17) is 4.74 Å². The molecule has 0 spiro atoms. The number of hydrogen-bond acceptors (Lipinski definition) is 5. The lowest BCUT2D eigenvalue weighted by molar-refractivity contribution is 0.0594. The number of aromatic amines is 1. The minimum absolute atomic E-state index is 0.331. The van der Waals surface area contributed by atoms with Crippen LogP contribution in [-0.4, -0.2) is 41.1 Å². The fraction of sp³-hybridized carbons (Fsp3) is 0.316. The lowest BCUT2D eigenvalue weighted by Crippen LogP contribution is -2.35. The molecule has 3 heterocycles. The molecule has 1 unspecified atom stereocenters. The normalized spacial score (nSPS) is 17.5. The number of carbonyl (C=O) groups is 1. The third kappa shape index (κ3) is 3.19. The van der Waals surface area contributed by atoms with Gasteiger partial charge >= 0.3 is 5.97 Å². The van der Waals surface area contributed by atoms with E-state index in [1.165, 1.54) is 7.11 Å². The van der Waals surface area contributed by atoms with Crippen LogP contribution < -0.4 is 4.90 Å². The maximum atomic E-state index is 12.1. The van der Waals surface area contributed by atoms with Crippen molar-refractivity contribution < 1.29 is 9.53 Å². The first-order valence-corrected chi connectivity index (χ1v) is 9.38. The van der Waals surface area contributed by atoms with E-state index < -0.39 is 5.97 Å². The molecule has 2 aromatic heterocycles. The van der Waals surface area contributed by atoms with Gasteiger partial charge in [-0.1, -0.05) is 15.9 Å². The molecule has 6 nitrogen and oxygen atoms in total. The van der Waals surface area contributed by atoms with Crippen molar-refractivity contribution in [1.29, 1.82) is 0 Å². The highest BCUT2D eigenvalue weighted by Crippen LogP contribution is 2.34. The molecular formula is C19H19BrN4O2. The van der Waals surface area contributed by atoms with Crippen LogP contribution in [0.25, 0.3) is 10.9 Å². The molecule has 1 aliphatic rings. The second kappa shape index (κ2) is 7.07. The van der Waals surface area contributed by atoms with Gasteiger partial charge in [0.1, 0.15) is 5.82 Å². The fourth-order valence-electron chi connectivity index (χ4n) is 3.57. The van der Waals surface area contributed by atoms with E-state index in [0.717, 1.165) is 52.8 Å². The van der Waals surface area contributed by atoms with Crippen LogP contribution in [0.5, 0.6) is 0 Å². The quantitative estimate of drug-likeness (QED) is 0.658. The van der Waals surface area contributed by atoms with Crippen molar-refractivity contribution in [3.05, 3.63) is 52.7 Å². The third-order valence-corrected chi connectivity index (χ3v) is 5.30. The molecule has 0 saturated carbocycles. The van der Waals surface area contributed by atoms with E-state index in [1.54, 1.807) is 6.20 Å². The highest BCUT2D eigenvalue weighted by Gasteiger charge is 2.25. The van der Waals surface area contributed by atoms with E-state index in [9.17, 15) is 4.79 Å². The number of nitrogens with one attached hydrogen (secondary N) is 1. The van der Waals surface area contributed by atoms with Gasteiger partial charge < -0.3 is 14.6 Å². The summed E-state index contributed by atoms with van der Waals surface area (Å²) in [6, 6.07) is 7.74. The topological polar surface area (TPSA) is 71.1 Å². The predicted molar refractivity (Wildman–Crippen MR) is 104 cm³/mol. The minimum Gasteiger partial charge on any atom is -0.464 e. The number of imidazole rings is 1. The Balaban J connectivity index is 1.78. The maximum Gasteiger partial charge on any atom is 0.356 e. The standard InChI is InChI=1S/C19H19BrN4O2/c1-26-19(25)16-10-17(14-9-13(20)4-5-15(14)23-16)24-8-2-3-12(11-24)18-21-6-7-22-18/h4-7,9-10,12H,2-3,8,11H2,1H3,(H,21,22). The number of methoxy groups -OCH3 is 1. The zero-order chi connectivity index (χ0) is 18.1. The largest absolute Gasteiger partial charge is 0.464 e. The smallest absolute Gasteiger partial charge is 0.356 e. The Bertz CT molecular complexity index is 942. The predicted octanol–water partition coefficient (Wildman–Crippen LogP) is 3.89. The van der Waals surface area contributed by atoms with Crippen molar-refractivity contribution >= 4 is 38.5 Å². The SMILES string of the molecule is COC(=O)c1cc(N2CCCC(c3ncc[nH]3)C2)c2cc(Br)ccc2n1. The van der Waals surface area contributed by atoms with Crippen LogP contribution in [0.1, 0.15) is 35.1 Å². The van der Waals surface area contributed by atoms with Gasteiger partial charge in [-0.25, -0.2) is 14.8 Å². The first-order chi connectivity index (χ1) is 12.7. The van der Waals surface area contributed by atoms with Crippen molar-refractivity contribution in [2.45, 2.75) is 18.8 Å². The number of carbonyl (C=O) groups excluding carboxylic acids is 1. The summed E-state index contributed by atoms with van der Waals surface area (Å²) in [4.78, 5) is 26.5. The summed E-state index contributed by atoms with van der Waals surface area (Å²) >= 11 is 3.54. The molecule has 1 fully saturated rings. The Morgan fingerprint density at radius 3 is 3.04 bits per heavy atom. The van der Waals surface area contributed by atoms with Crippen LogP contribution in [0, 0.1) is 0 Å². The second-order valence-corrected chi connectivity index (χ2v) is 7.35. The lowest BCUT2D eigenvalue weighted by Gasteiger charge is -2.34. The Morgan fingerprint density at radius 2 is 2.27 bits per heavy atom. The number of ether oxygens (including phenoxy) is 1. The molecule has 0 amide bonds. The Kier molecular flexibility index (Phi) is 4.63. The minimum atomic E-state index is -0.421. The van der Waals surface area contributed by atoms with Gasteiger partial charge in [-0.05, 0) is 37.1 Å². The van der Waals surface area contributed by atoms with Gasteiger partial charge in [-0.3, -0.25) is 0 Å². The van der Waals surface area contributed by atoms with Crippen molar-refractivity contribution in [3.8, 4) is 0 Å². The number of halogens is 1. The molecule has 7 heteroatoms. The van der Waals surface area contributed by atoms with Crippen LogP contribution in [0.4, 0.5) is 5.69 Å². The van der Waals surface area contributed by atoms with Crippen LogP contribution in [0.15, 0.2) is 41.1 Å². The average molecular weight is 415 g/mol. The number of fused-ring (bicyclic) bond motifs is 1. The summed E-state index contributed by atoms with van der Waals surface area (Å²) in [5.41, 5.74) is 2.12. The van der Waals surface area contributed by atoms with Crippen LogP contribution >= 0.6 is 15.9 Å². The van der Waals surface area contributed by atoms with Gasteiger partial charge in [-0.15, -0.1) is 0 Å². The Hall–Kier alpha value is -2.41. The van der Waals surface area contributed by atoms with Gasteiger partial charge in [-0.2, -0.15) is 0 Å². The first kappa shape index (κ1) is 17.0. The Labute approximate surface area is 159 Å². The van der Waals surface area contributed by atoms with Crippen LogP contribution in [0.3, 0.4) is 0 Å². The highest BCUT2D eigenvalue weighted by atomic mass is 79.9. The number of pyridine rings is 1. The number of aromatic nitrogens is 3. The van der Waals surface area contributed by atoms with E-state index >= 15 is 0 Å². The molecule has 1 N–H and O–H groups in total. The molecule has 134 valence electrons. The maximum absolute atomic E-state index is 12.1. The van der Waals surface area contributed by atoms with E-state index in [0.29, 0.717) is 11.6 Å². The number of benzene rings is 1. The van der Waals surface area contributed by atoms with Gasteiger partial charge in [0.2, 0.25) is 0 Å². The molecule has 1 aliphatic heterocycles. The fourth-order valence-corrected chi connectivity index (χ4v) is 3.93. The molecule has 0 radical (unpaired) electrons. The summed E-state index contributed by atoms with van der Waals surface area (Å²) in [6.45, 7) is 1.78. The second-order valence-electron chi connectivity index (χ2n) is 6.44. The van der Waals surface area contributed by atoms with Gasteiger partial charge in [0.25, 0.3) is 0 Å². The number of H-pyrrole nitrogens is 1. The van der Waals surface area contributed by atoms with Gasteiger partial charge in [0.15, 0.2) is 5.69 Å². The van der Waals surface area contributed by atoms with Crippen LogP contribution in [-0.2, 0) is 4.74 Å². The number of rotatable bonds is 3. The zero-order valence-corrected chi connectivity index (χ0v) is 16.0. The molecule has 26 heavy (non-hydrogen) atoms. The Morgan fingerprint density at radius 1 is 1.38 bits per heavy atom. The molecule has 3 aromatic rings. The monoisotopic (exact) mass is 414 g/mol. The summed E-state index contributed by atoms with van der Waals surface area (Å²) in [6.07, 6.45) is 5.82. The number of piperidine rings is 1. The number of hydrogen-bond donors (Lipinski definition) is 1. The number of esters is 1. The van der Waals surface area contributed by atoms with Gasteiger partial charge in [0.05, 0.1) is 12.6 Å². The third-order valence-electron chi connectivity index (χ3n) is 4.81. The molecule has 1 saturated heterocycles. The summed E-state index contributed by atoms with van der Waals surface area (Å²) in [7, 11) is 1.38. The van der Waals surface area contributed by atoms with Crippen molar-refractivity contribution in [2.75, 3.05) is 25.1 Å². The number of nitrogens with zero attached hydrogens (tertiary/aromatic N) is 3. The molecular weight excluding hydrogens is 396 g/mol. The summed E-state index contributed by atoms with van der Waals surface area (Å²) in [5, 5.41) is 1.02. The van der Waals surface area contributed by atoms with Crippen molar-refractivity contribution in [1.82, 2.24) is 15.0 Å². The molecule has 0 aliphatic carbocycles. The molecule has 1 atom stereocenters. The lowest BCUT2D eigenvalue weighted by atomic mass is 9.96. The summed E-state index contributed by atoms with van der Waals surface area (Å²) in [5.74, 6) is 0.939. The van der Waals surface area contributed by atoms with Crippen LogP contribution in [0.2, 0.25) is 0 Å². The molecule has 4 rings (SSSR count). The molecule has 0 bridgehead atoms. The van der Waals surface area contributed by atoms with Crippen molar-refractivity contribution in [3.63, 3.8) is 0 Å². The van der Waals surface area contributed by atoms with E-state index in [-0.39, 0.29) is 0 Å². The van der Waals surface area contributed by atoms with Crippen molar-refractivity contribution in [2.24, 2.45) is 0 Å². The highest BCUT2D eigenvalue weighted by molar-refractivity contribution is 9.10. The summed E-state index contributed by atoms with van der Waals surface area (Å²) < 4.78 is 5.87. The first-order valence-electron chi connectivity index (χ1n) is 8.58. The van der Waals surface area contributed by atoms with Gasteiger partial charge in [0, 0.05) is 46.9 Å². The molecule has 1 aromatic carbocycles. The average Bonchev–Trinajstić information content (AvgIpc) is 3.21. The van der Waals surface area contributed by atoms with E-state index in [2.05, 4.69) is 41.8 Å².